The second-order valence-corrected chi connectivity index (χ2v) is 5.47. The van der Waals surface area contributed by atoms with Crippen LogP contribution in [0.2, 0.25) is 0 Å². The van der Waals surface area contributed by atoms with Crippen molar-refractivity contribution in [2.24, 2.45) is 11.7 Å². The van der Waals surface area contributed by atoms with E-state index in [1.807, 2.05) is 0 Å². The van der Waals surface area contributed by atoms with Crippen molar-refractivity contribution >= 4 is 0 Å². The molecule has 0 heterocycles. The predicted molar refractivity (Wildman–Crippen MR) is 69.1 cm³/mol. The van der Waals surface area contributed by atoms with E-state index >= 15 is 0 Å². The van der Waals surface area contributed by atoms with Gasteiger partial charge in [0, 0.05) is 6.04 Å². The van der Waals surface area contributed by atoms with Crippen LogP contribution in [0, 0.1) is 5.92 Å². The van der Waals surface area contributed by atoms with Gasteiger partial charge in [0.15, 0.2) is 0 Å². The Balaban J connectivity index is 1.64. The molecule has 1 aromatic rings. The Morgan fingerprint density at radius 1 is 1.18 bits per heavy atom. The van der Waals surface area contributed by atoms with Gasteiger partial charge in [-0.1, -0.05) is 18.9 Å². The molecule has 92 valence electrons. The van der Waals surface area contributed by atoms with Crippen LogP contribution < -0.4 is 10.5 Å². The molecule has 2 aliphatic carbocycles. The van der Waals surface area contributed by atoms with Crippen LogP contribution in [0.1, 0.15) is 49.3 Å². The average Bonchev–Trinajstić information content (AvgIpc) is 2.97. The van der Waals surface area contributed by atoms with Gasteiger partial charge in [0.25, 0.3) is 0 Å². The van der Waals surface area contributed by atoms with Crippen LogP contribution in [0.15, 0.2) is 18.2 Å². The molecule has 0 amide bonds. The molecule has 0 aromatic heterocycles. The Morgan fingerprint density at radius 3 is 2.82 bits per heavy atom. The minimum Gasteiger partial charge on any atom is -0.493 e. The van der Waals surface area contributed by atoms with Crippen molar-refractivity contribution in [1.29, 1.82) is 0 Å². The summed E-state index contributed by atoms with van der Waals surface area (Å²) in [6.07, 6.45) is 7.64. The van der Waals surface area contributed by atoms with E-state index in [2.05, 4.69) is 18.2 Å². The summed E-state index contributed by atoms with van der Waals surface area (Å²) in [5.74, 6) is 1.82. The van der Waals surface area contributed by atoms with E-state index in [-0.39, 0.29) is 6.04 Å². The largest absolute Gasteiger partial charge is 0.493 e. The van der Waals surface area contributed by atoms with Crippen LogP contribution in [0.25, 0.3) is 0 Å². The van der Waals surface area contributed by atoms with Crippen molar-refractivity contribution in [2.45, 2.75) is 44.6 Å². The van der Waals surface area contributed by atoms with Gasteiger partial charge in [-0.05, 0) is 54.9 Å². The molecular weight excluding hydrogens is 210 g/mol. The second kappa shape index (κ2) is 4.69. The first-order valence-corrected chi connectivity index (χ1v) is 6.84. The summed E-state index contributed by atoms with van der Waals surface area (Å²) < 4.78 is 5.91. The maximum Gasteiger partial charge on any atom is 0.119 e. The van der Waals surface area contributed by atoms with E-state index in [1.165, 1.54) is 36.8 Å². The molecule has 0 saturated heterocycles. The lowest BCUT2D eigenvalue weighted by Gasteiger charge is -2.12. The van der Waals surface area contributed by atoms with E-state index in [1.54, 1.807) is 0 Å². The van der Waals surface area contributed by atoms with Crippen molar-refractivity contribution in [3.05, 3.63) is 29.3 Å². The highest BCUT2D eigenvalue weighted by Gasteiger charge is 2.20. The molecule has 0 radical (unpaired) electrons. The Hall–Kier alpha value is -1.02. The maximum absolute atomic E-state index is 6.03. The third-order valence-electron chi connectivity index (χ3n) is 4.20. The molecule has 0 spiro atoms. The number of hydrogen-bond acceptors (Lipinski definition) is 2. The highest BCUT2D eigenvalue weighted by Crippen LogP contribution is 2.32. The number of aryl methyl sites for hydroxylation is 1. The van der Waals surface area contributed by atoms with Gasteiger partial charge in [-0.3, -0.25) is 0 Å². The first kappa shape index (κ1) is 11.1. The van der Waals surface area contributed by atoms with Gasteiger partial charge in [-0.25, -0.2) is 0 Å². The fraction of sp³-hybridized carbons (Fsp3) is 0.600. The number of benzene rings is 1. The Labute approximate surface area is 103 Å². The van der Waals surface area contributed by atoms with Gasteiger partial charge in [-0.15, -0.1) is 0 Å². The molecule has 3 rings (SSSR count). The van der Waals surface area contributed by atoms with E-state index < -0.39 is 0 Å². The first-order valence-electron chi connectivity index (χ1n) is 6.84. The number of nitrogens with two attached hydrogens (primary N) is 1. The SMILES string of the molecule is N[C@@H]1CCc2cc(OCC3CCCC3)ccc21. The zero-order chi connectivity index (χ0) is 11.7. The number of ether oxygens (including phenoxy) is 1. The molecule has 1 atom stereocenters. The van der Waals surface area contributed by atoms with E-state index in [0.717, 1.165) is 31.1 Å². The maximum atomic E-state index is 6.03. The van der Waals surface area contributed by atoms with Crippen LogP contribution >= 0.6 is 0 Å². The quantitative estimate of drug-likeness (QED) is 0.867. The fourth-order valence-electron chi connectivity index (χ4n) is 3.11. The zero-order valence-electron chi connectivity index (χ0n) is 10.3. The molecule has 2 nitrogen and oxygen atoms in total. The summed E-state index contributed by atoms with van der Waals surface area (Å²) in [4.78, 5) is 0. The third-order valence-corrected chi connectivity index (χ3v) is 4.20. The van der Waals surface area contributed by atoms with Crippen molar-refractivity contribution < 1.29 is 4.74 Å². The van der Waals surface area contributed by atoms with Gasteiger partial charge >= 0.3 is 0 Å². The molecule has 2 N–H and O–H groups in total. The topological polar surface area (TPSA) is 35.2 Å². The van der Waals surface area contributed by atoms with Crippen LogP contribution in [0.5, 0.6) is 5.75 Å². The minimum absolute atomic E-state index is 0.244. The van der Waals surface area contributed by atoms with Crippen LogP contribution in [-0.2, 0) is 6.42 Å². The summed E-state index contributed by atoms with van der Waals surface area (Å²) in [6.45, 7) is 0.894. The van der Waals surface area contributed by atoms with Crippen molar-refractivity contribution in [3.63, 3.8) is 0 Å². The molecular formula is C15H21NO. The van der Waals surface area contributed by atoms with Gasteiger partial charge in [0.05, 0.1) is 6.61 Å². The van der Waals surface area contributed by atoms with Gasteiger partial charge in [0.1, 0.15) is 5.75 Å². The number of rotatable bonds is 3. The monoisotopic (exact) mass is 231 g/mol. The fourth-order valence-corrected chi connectivity index (χ4v) is 3.11. The zero-order valence-corrected chi connectivity index (χ0v) is 10.3. The average molecular weight is 231 g/mol. The molecule has 1 fully saturated rings. The van der Waals surface area contributed by atoms with Crippen molar-refractivity contribution in [2.75, 3.05) is 6.61 Å². The summed E-state index contributed by atoms with van der Waals surface area (Å²) in [5, 5.41) is 0. The smallest absolute Gasteiger partial charge is 0.119 e. The van der Waals surface area contributed by atoms with Gasteiger partial charge in [0.2, 0.25) is 0 Å². The lowest BCUT2D eigenvalue weighted by Crippen LogP contribution is -2.08. The summed E-state index contributed by atoms with van der Waals surface area (Å²) >= 11 is 0. The summed E-state index contributed by atoms with van der Waals surface area (Å²) in [7, 11) is 0. The lowest BCUT2D eigenvalue weighted by molar-refractivity contribution is 0.252. The molecule has 2 aliphatic rings. The Bertz CT molecular complexity index is 396. The normalized spacial score (nSPS) is 23.9. The number of hydrogen-bond donors (Lipinski definition) is 1. The lowest BCUT2D eigenvalue weighted by atomic mass is 10.1. The molecule has 1 saturated carbocycles. The molecule has 0 bridgehead atoms. The van der Waals surface area contributed by atoms with E-state index in [4.69, 9.17) is 10.5 Å². The van der Waals surface area contributed by atoms with Crippen LogP contribution in [-0.4, -0.2) is 6.61 Å². The number of fused-ring (bicyclic) bond motifs is 1. The first-order chi connectivity index (χ1) is 8.33. The van der Waals surface area contributed by atoms with Crippen molar-refractivity contribution in [1.82, 2.24) is 0 Å². The minimum atomic E-state index is 0.244. The predicted octanol–water partition coefficient (Wildman–Crippen LogP) is 3.20. The summed E-state index contributed by atoms with van der Waals surface area (Å²) in [6, 6.07) is 6.67. The third kappa shape index (κ3) is 2.32. The molecule has 2 heteroatoms. The molecule has 0 aliphatic heterocycles. The summed E-state index contributed by atoms with van der Waals surface area (Å²) in [5.41, 5.74) is 8.74. The van der Waals surface area contributed by atoms with Crippen molar-refractivity contribution in [3.8, 4) is 5.75 Å². The second-order valence-electron chi connectivity index (χ2n) is 5.47. The van der Waals surface area contributed by atoms with E-state index in [0.29, 0.717) is 0 Å². The van der Waals surface area contributed by atoms with E-state index in [9.17, 15) is 0 Å². The van der Waals surface area contributed by atoms with Gasteiger partial charge in [-0.2, -0.15) is 0 Å². The van der Waals surface area contributed by atoms with Crippen LogP contribution in [0.4, 0.5) is 0 Å². The Morgan fingerprint density at radius 2 is 2.00 bits per heavy atom. The molecule has 0 unspecified atom stereocenters. The molecule has 17 heavy (non-hydrogen) atoms. The highest BCUT2D eigenvalue weighted by molar-refractivity contribution is 5.40. The molecule has 1 aromatic carbocycles. The van der Waals surface area contributed by atoms with Gasteiger partial charge < -0.3 is 10.5 Å². The standard InChI is InChI=1S/C15H21NO/c16-15-8-5-12-9-13(6-7-14(12)15)17-10-11-3-1-2-4-11/h6-7,9,11,15H,1-5,8,10,16H2/t15-/m1/s1. The Kier molecular flexibility index (Phi) is 3.06. The van der Waals surface area contributed by atoms with Crippen LogP contribution in [0.3, 0.4) is 0 Å². The highest BCUT2D eigenvalue weighted by atomic mass is 16.5.